The molecule has 0 saturated carbocycles. The molecule has 0 aliphatic rings. The van der Waals surface area contributed by atoms with Crippen LogP contribution >= 0.6 is 23.2 Å². The van der Waals surface area contributed by atoms with Crippen LogP contribution in [0.2, 0.25) is 10.0 Å². The van der Waals surface area contributed by atoms with Gasteiger partial charge in [-0.05, 0) is 67.8 Å². The predicted octanol–water partition coefficient (Wildman–Crippen LogP) is 7.06. The van der Waals surface area contributed by atoms with Crippen LogP contribution in [0.5, 0.6) is 5.75 Å². The summed E-state index contributed by atoms with van der Waals surface area (Å²) in [6.07, 6.45) is 0.864. The van der Waals surface area contributed by atoms with Crippen molar-refractivity contribution < 1.29 is 22.7 Å². The van der Waals surface area contributed by atoms with Crippen molar-refractivity contribution in [1.82, 2.24) is 10.2 Å². The van der Waals surface area contributed by atoms with E-state index in [0.717, 1.165) is 15.4 Å². The smallest absolute Gasteiger partial charge is 0.264 e. The third-order valence-corrected chi connectivity index (χ3v) is 10.2. The Kier molecular flexibility index (Phi) is 12.3. The zero-order valence-electron chi connectivity index (χ0n) is 26.8. The van der Waals surface area contributed by atoms with Gasteiger partial charge in [-0.2, -0.15) is 0 Å². The number of carbonyl (C=O) groups excluding carboxylic acids is 2. The fourth-order valence-electron chi connectivity index (χ4n) is 4.96. The van der Waals surface area contributed by atoms with Crippen molar-refractivity contribution in [1.29, 1.82) is 0 Å². The maximum atomic E-state index is 14.6. The first-order chi connectivity index (χ1) is 22.4. The Balaban J connectivity index is 1.84. The van der Waals surface area contributed by atoms with Crippen molar-refractivity contribution >= 4 is 50.7 Å². The van der Waals surface area contributed by atoms with Gasteiger partial charge in [0.15, 0.2) is 0 Å². The average Bonchev–Trinajstić information content (AvgIpc) is 3.06. The number of amides is 2. The summed E-state index contributed by atoms with van der Waals surface area (Å²) < 4.78 is 34.9. The predicted molar refractivity (Wildman–Crippen MR) is 188 cm³/mol. The van der Waals surface area contributed by atoms with Crippen molar-refractivity contribution in [2.24, 2.45) is 0 Å². The molecule has 0 aromatic heterocycles. The highest BCUT2D eigenvalue weighted by Gasteiger charge is 2.35. The summed E-state index contributed by atoms with van der Waals surface area (Å²) in [7, 11) is -2.78. The van der Waals surface area contributed by atoms with Crippen LogP contribution in [0.1, 0.15) is 37.0 Å². The molecular formula is C36H39Cl2N3O5S. The van der Waals surface area contributed by atoms with Gasteiger partial charge in [-0.1, -0.05) is 90.3 Å². The number of halogens is 2. The summed E-state index contributed by atoms with van der Waals surface area (Å²) in [6.45, 7) is 5.03. The lowest BCUT2D eigenvalue weighted by molar-refractivity contribution is -0.140. The van der Waals surface area contributed by atoms with E-state index >= 15 is 0 Å². The zero-order valence-corrected chi connectivity index (χ0v) is 29.1. The van der Waals surface area contributed by atoms with Gasteiger partial charge in [0.1, 0.15) is 18.3 Å². The largest absolute Gasteiger partial charge is 0.497 e. The fraction of sp³-hybridized carbons (Fsp3) is 0.278. The number of aryl methyl sites for hydroxylation is 1. The first kappa shape index (κ1) is 35.8. The van der Waals surface area contributed by atoms with Crippen molar-refractivity contribution in [3.05, 3.63) is 124 Å². The van der Waals surface area contributed by atoms with E-state index in [0.29, 0.717) is 27.8 Å². The summed E-state index contributed by atoms with van der Waals surface area (Å²) in [6, 6.07) is 26.0. The van der Waals surface area contributed by atoms with Crippen molar-refractivity contribution in [2.75, 3.05) is 18.0 Å². The minimum absolute atomic E-state index is 0.0152. The Morgan fingerprint density at radius 2 is 1.62 bits per heavy atom. The number of nitrogens with zero attached hydrogens (tertiary/aromatic N) is 2. The van der Waals surface area contributed by atoms with Crippen molar-refractivity contribution in [3.63, 3.8) is 0 Å². The first-order valence-electron chi connectivity index (χ1n) is 15.2. The van der Waals surface area contributed by atoms with Crippen molar-refractivity contribution in [3.8, 4) is 5.75 Å². The van der Waals surface area contributed by atoms with E-state index in [-0.39, 0.29) is 35.5 Å². The number of benzene rings is 4. The van der Waals surface area contributed by atoms with E-state index in [2.05, 4.69) is 5.32 Å². The highest BCUT2D eigenvalue weighted by atomic mass is 35.5. The van der Waals surface area contributed by atoms with E-state index in [1.165, 1.54) is 24.1 Å². The van der Waals surface area contributed by atoms with Crippen LogP contribution in [0.4, 0.5) is 5.69 Å². The number of anilines is 1. The molecule has 2 atom stereocenters. The average molecular weight is 697 g/mol. The SMILES string of the molecule is CC[C@H](C)NC(=O)[C@@H](Cc1ccccc1)N(Cc1ccc(Cl)cc1Cl)C(=O)CN(c1cccc(OC)c1)S(=O)(=O)c1ccc(C)cc1. The molecule has 0 aliphatic heterocycles. The Hall–Kier alpha value is -4.05. The summed E-state index contributed by atoms with van der Waals surface area (Å²) in [5.74, 6) is -0.551. The second-order valence-electron chi connectivity index (χ2n) is 11.3. The van der Waals surface area contributed by atoms with Gasteiger partial charge < -0.3 is 15.0 Å². The molecule has 0 saturated heterocycles. The first-order valence-corrected chi connectivity index (χ1v) is 17.4. The minimum atomic E-state index is -4.25. The summed E-state index contributed by atoms with van der Waals surface area (Å²) in [5.41, 5.74) is 2.49. The number of carbonyl (C=O) groups is 2. The molecule has 11 heteroatoms. The molecule has 4 aromatic rings. The van der Waals surface area contributed by atoms with Crippen LogP contribution in [0, 0.1) is 6.92 Å². The van der Waals surface area contributed by atoms with E-state index in [1.807, 2.05) is 51.1 Å². The van der Waals surface area contributed by atoms with Crippen LogP contribution in [-0.4, -0.2) is 50.9 Å². The number of nitrogens with one attached hydrogen (secondary N) is 1. The van der Waals surface area contributed by atoms with Gasteiger partial charge in [-0.25, -0.2) is 8.42 Å². The molecule has 47 heavy (non-hydrogen) atoms. The van der Waals surface area contributed by atoms with Gasteiger partial charge >= 0.3 is 0 Å². The summed E-state index contributed by atoms with van der Waals surface area (Å²) in [5, 5.41) is 3.75. The molecule has 0 spiro atoms. The number of methoxy groups -OCH3 is 1. The Labute approximate surface area is 287 Å². The van der Waals surface area contributed by atoms with E-state index in [1.54, 1.807) is 54.6 Å². The minimum Gasteiger partial charge on any atom is -0.497 e. The molecule has 0 radical (unpaired) electrons. The molecular weight excluding hydrogens is 657 g/mol. The van der Waals surface area contributed by atoms with Gasteiger partial charge in [0.05, 0.1) is 17.7 Å². The molecule has 2 amide bonds. The van der Waals surface area contributed by atoms with Crippen LogP contribution < -0.4 is 14.4 Å². The molecule has 8 nitrogen and oxygen atoms in total. The van der Waals surface area contributed by atoms with E-state index in [9.17, 15) is 18.0 Å². The number of hydrogen-bond donors (Lipinski definition) is 1. The van der Waals surface area contributed by atoms with Gasteiger partial charge in [0.2, 0.25) is 11.8 Å². The van der Waals surface area contributed by atoms with Crippen molar-refractivity contribution in [2.45, 2.75) is 57.1 Å². The molecule has 4 rings (SSSR count). The third-order valence-electron chi connectivity index (χ3n) is 7.86. The standard InChI is InChI=1S/C36H39Cl2N3O5S/c1-5-26(3)39-36(43)34(20-27-10-7-6-8-11-27)40(23-28-16-17-29(37)21-33(28)38)35(42)24-41(30-12-9-13-31(22-30)46-4)47(44,45)32-18-14-25(2)15-19-32/h6-19,21-22,26,34H,5,20,23-24H2,1-4H3,(H,39,43)/t26-,34+/m0/s1. The molecule has 0 fully saturated rings. The Bertz CT molecular complexity index is 1790. The molecule has 0 heterocycles. The maximum Gasteiger partial charge on any atom is 0.264 e. The number of ether oxygens (including phenoxy) is 1. The molecule has 0 aliphatic carbocycles. The molecule has 248 valence electrons. The zero-order chi connectivity index (χ0) is 34.1. The lowest BCUT2D eigenvalue weighted by atomic mass is 10.0. The third kappa shape index (κ3) is 9.28. The Morgan fingerprint density at radius 1 is 0.915 bits per heavy atom. The topological polar surface area (TPSA) is 96.0 Å². The Morgan fingerprint density at radius 3 is 2.26 bits per heavy atom. The van der Waals surface area contributed by atoms with E-state index < -0.39 is 28.5 Å². The number of hydrogen-bond acceptors (Lipinski definition) is 5. The summed E-state index contributed by atoms with van der Waals surface area (Å²) >= 11 is 12.8. The molecule has 0 unspecified atom stereocenters. The highest BCUT2D eigenvalue weighted by Crippen LogP contribution is 2.29. The van der Waals surface area contributed by atoms with Crippen LogP contribution in [-0.2, 0) is 32.6 Å². The summed E-state index contributed by atoms with van der Waals surface area (Å²) in [4.78, 5) is 30.0. The number of sulfonamides is 1. The second-order valence-corrected chi connectivity index (χ2v) is 14.0. The van der Waals surface area contributed by atoms with Gasteiger partial charge in [-0.3, -0.25) is 13.9 Å². The normalized spacial score (nSPS) is 12.6. The van der Waals surface area contributed by atoms with Gasteiger partial charge in [0.25, 0.3) is 10.0 Å². The lowest BCUT2D eigenvalue weighted by Gasteiger charge is -2.34. The highest BCUT2D eigenvalue weighted by molar-refractivity contribution is 7.92. The second kappa shape index (κ2) is 16.2. The van der Waals surface area contributed by atoms with Crippen LogP contribution in [0.3, 0.4) is 0 Å². The number of rotatable bonds is 14. The lowest BCUT2D eigenvalue weighted by Crippen LogP contribution is -2.54. The van der Waals surface area contributed by atoms with E-state index in [4.69, 9.17) is 27.9 Å². The molecule has 0 bridgehead atoms. The maximum absolute atomic E-state index is 14.6. The van der Waals surface area contributed by atoms with Gasteiger partial charge in [-0.15, -0.1) is 0 Å². The van der Waals surface area contributed by atoms with Crippen LogP contribution in [0.15, 0.2) is 102 Å². The van der Waals surface area contributed by atoms with Gasteiger partial charge in [0, 0.05) is 35.1 Å². The van der Waals surface area contributed by atoms with Crippen LogP contribution in [0.25, 0.3) is 0 Å². The monoisotopic (exact) mass is 695 g/mol. The quantitative estimate of drug-likeness (QED) is 0.152. The molecule has 1 N–H and O–H groups in total. The molecule has 4 aromatic carbocycles. The fourth-order valence-corrected chi connectivity index (χ4v) is 6.83.